The highest BCUT2D eigenvalue weighted by molar-refractivity contribution is 9.09. The van der Waals surface area contributed by atoms with Crippen molar-refractivity contribution >= 4 is 21.8 Å². The molecule has 0 aromatic heterocycles. The molecule has 92 valence electrons. The van der Waals surface area contributed by atoms with Gasteiger partial charge in [0.25, 0.3) is 0 Å². The highest BCUT2D eigenvalue weighted by atomic mass is 79.9. The minimum atomic E-state index is 0.282. The summed E-state index contributed by atoms with van der Waals surface area (Å²) < 4.78 is 0. The summed E-state index contributed by atoms with van der Waals surface area (Å²) >= 11 is 3.57. The lowest BCUT2D eigenvalue weighted by Crippen LogP contribution is -2.33. The first-order valence-corrected chi connectivity index (χ1v) is 7.74. The van der Waals surface area contributed by atoms with Crippen LogP contribution in [0.1, 0.15) is 44.9 Å². The van der Waals surface area contributed by atoms with Gasteiger partial charge >= 0.3 is 0 Å². The van der Waals surface area contributed by atoms with Crippen LogP contribution >= 0.6 is 15.9 Å². The number of hydrogen-bond acceptors (Lipinski definition) is 1. The van der Waals surface area contributed by atoms with Gasteiger partial charge in [0.05, 0.1) is 0 Å². The number of halogens is 1. The summed E-state index contributed by atoms with van der Waals surface area (Å²) in [4.78, 5) is 11.7. The molecule has 1 N–H and O–H groups in total. The molecule has 2 saturated carbocycles. The van der Waals surface area contributed by atoms with Crippen LogP contribution in [0.25, 0.3) is 0 Å². The number of carbonyl (C=O) groups excluding carboxylic acids is 1. The minimum absolute atomic E-state index is 0.282. The largest absolute Gasteiger partial charge is 0.356 e. The second-order valence-electron chi connectivity index (χ2n) is 5.41. The van der Waals surface area contributed by atoms with Gasteiger partial charge in [-0.2, -0.15) is 0 Å². The van der Waals surface area contributed by atoms with Crippen molar-refractivity contribution in [3.63, 3.8) is 0 Å². The second kappa shape index (κ2) is 6.04. The molecule has 0 aliphatic heterocycles. The quantitative estimate of drug-likeness (QED) is 0.774. The Morgan fingerprint density at radius 3 is 2.44 bits per heavy atom. The van der Waals surface area contributed by atoms with E-state index < -0.39 is 0 Å². The molecule has 2 atom stereocenters. The van der Waals surface area contributed by atoms with Crippen molar-refractivity contribution < 1.29 is 4.79 Å². The standard InChI is InChI=1S/C13H22BrNO/c14-8-11-5-2-6-12(11)9-15-13(16)7-10-3-1-4-10/h10-12H,1-9H2,(H,15,16). The zero-order chi connectivity index (χ0) is 11.4. The van der Waals surface area contributed by atoms with Crippen LogP contribution in [-0.4, -0.2) is 17.8 Å². The molecule has 1 amide bonds. The maximum absolute atomic E-state index is 11.7. The summed E-state index contributed by atoms with van der Waals surface area (Å²) in [6.07, 6.45) is 8.58. The van der Waals surface area contributed by atoms with E-state index in [1.54, 1.807) is 0 Å². The topological polar surface area (TPSA) is 29.1 Å². The molecule has 2 fully saturated rings. The molecule has 2 aliphatic carbocycles. The second-order valence-corrected chi connectivity index (χ2v) is 6.06. The van der Waals surface area contributed by atoms with E-state index in [0.29, 0.717) is 11.8 Å². The number of alkyl halides is 1. The van der Waals surface area contributed by atoms with E-state index in [1.807, 2.05) is 0 Å². The van der Waals surface area contributed by atoms with Crippen molar-refractivity contribution in [2.24, 2.45) is 17.8 Å². The van der Waals surface area contributed by atoms with Crippen LogP contribution in [0.2, 0.25) is 0 Å². The van der Waals surface area contributed by atoms with Crippen LogP contribution < -0.4 is 5.32 Å². The van der Waals surface area contributed by atoms with Gasteiger partial charge in [0.2, 0.25) is 5.91 Å². The molecule has 16 heavy (non-hydrogen) atoms. The van der Waals surface area contributed by atoms with Crippen LogP contribution in [0.3, 0.4) is 0 Å². The van der Waals surface area contributed by atoms with Crippen LogP contribution in [0.15, 0.2) is 0 Å². The predicted molar refractivity (Wildman–Crippen MR) is 69.6 cm³/mol. The Balaban J connectivity index is 1.63. The van der Waals surface area contributed by atoms with Crippen molar-refractivity contribution in [3.8, 4) is 0 Å². The Bertz CT molecular complexity index is 240. The van der Waals surface area contributed by atoms with Crippen LogP contribution in [-0.2, 0) is 4.79 Å². The third-order valence-corrected chi connectivity index (χ3v) is 5.11. The smallest absolute Gasteiger partial charge is 0.220 e. The molecule has 0 bridgehead atoms. The molecule has 0 saturated heterocycles. The molecular formula is C13H22BrNO. The number of amides is 1. The lowest BCUT2D eigenvalue weighted by Gasteiger charge is -2.25. The molecule has 2 unspecified atom stereocenters. The maximum atomic E-state index is 11.7. The Kier molecular flexibility index (Phi) is 4.68. The number of hydrogen-bond donors (Lipinski definition) is 1. The van der Waals surface area contributed by atoms with E-state index in [9.17, 15) is 4.79 Å². The van der Waals surface area contributed by atoms with Gasteiger partial charge in [0.1, 0.15) is 0 Å². The van der Waals surface area contributed by atoms with Gasteiger partial charge in [-0.3, -0.25) is 4.79 Å². The zero-order valence-electron chi connectivity index (χ0n) is 9.88. The monoisotopic (exact) mass is 287 g/mol. The summed E-state index contributed by atoms with van der Waals surface area (Å²) in [6, 6.07) is 0. The first kappa shape index (κ1) is 12.4. The molecule has 0 radical (unpaired) electrons. The Hall–Kier alpha value is -0.0500. The summed E-state index contributed by atoms with van der Waals surface area (Å²) in [5.41, 5.74) is 0. The third-order valence-electron chi connectivity index (χ3n) is 4.27. The SMILES string of the molecule is O=C(CC1CCC1)NCC1CCCC1CBr. The van der Waals surface area contributed by atoms with Gasteiger partial charge in [0, 0.05) is 18.3 Å². The number of carbonyl (C=O) groups is 1. The molecule has 3 heteroatoms. The molecule has 2 aliphatic rings. The summed E-state index contributed by atoms with van der Waals surface area (Å²) in [5, 5.41) is 4.22. The lowest BCUT2D eigenvalue weighted by molar-refractivity contribution is -0.122. The lowest BCUT2D eigenvalue weighted by atomic mass is 9.83. The Morgan fingerprint density at radius 2 is 1.81 bits per heavy atom. The van der Waals surface area contributed by atoms with Crippen LogP contribution in [0, 0.1) is 17.8 Å². The number of rotatable bonds is 5. The average molecular weight is 288 g/mol. The normalized spacial score (nSPS) is 30.1. The molecule has 0 aromatic carbocycles. The molecule has 0 spiro atoms. The van der Waals surface area contributed by atoms with Crippen LogP contribution in [0.4, 0.5) is 0 Å². The fourth-order valence-corrected chi connectivity index (χ4v) is 3.71. The van der Waals surface area contributed by atoms with E-state index in [4.69, 9.17) is 0 Å². The zero-order valence-corrected chi connectivity index (χ0v) is 11.5. The van der Waals surface area contributed by atoms with E-state index in [1.165, 1.54) is 38.5 Å². The van der Waals surface area contributed by atoms with E-state index >= 15 is 0 Å². The van der Waals surface area contributed by atoms with E-state index in [2.05, 4.69) is 21.2 Å². The fourth-order valence-electron chi connectivity index (χ4n) is 2.86. The van der Waals surface area contributed by atoms with Crippen molar-refractivity contribution in [2.45, 2.75) is 44.9 Å². The first-order chi connectivity index (χ1) is 7.79. The highest BCUT2D eigenvalue weighted by Gasteiger charge is 2.27. The van der Waals surface area contributed by atoms with Gasteiger partial charge in [-0.25, -0.2) is 0 Å². The molecule has 0 aromatic rings. The van der Waals surface area contributed by atoms with Gasteiger partial charge in [-0.15, -0.1) is 0 Å². The van der Waals surface area contributed by atoms with E-state index in [0.717, 1.165) is 24.2 Å². The van der Waals surface area contributed by atoms with Gasteiger partial charge < -0.3 is 5.32 Å². The van der Waals surface area contributed by atoms with Gasteiger partial charge in [0.15, 0.2) is 0 Å². The number of nitrogens with one attached hydrogen (secondary N) is 1. The van der Waals surface area contributed by atoms with E-state index in [-0.39, 0.29) is 5.91 Å². The Morgan fingerprint density at radius 1 is 1.12 bits per heavy atom. The first-order valence-electron chi connectivity index (χ1n) is 6.62. The molecule has 0 heterocycles. The van der Waals surface area contributed by atoms with Crippen molar-refractivity contribution in [1.82, 2.24) is 5.32 Å². The third kappa shape index (κ3) is 3.22. The van der Waals surface area contributed by atoms with Gasteiger partial charge in [-0.1, -0.05) is 28.8 Å². The van der Waals surface area contributed by atoms with Crippen molar-refractivity contribution in [1.29, 1.82) is 0 Å². The molecule has 2 nitrogen and oxygen atoms in total. The predicted octanol–water partition coefficient (Wildman–Crippen LogP) is 3.10. The van der Waals surface area contributed by atoms with Crippen molar-refractivity contribution in [3.05, 3.63) is 0 Å². The molecular weight excluding hydrogens is 266 g/mol. The Labute approximate surface area is 107 Å². The molecule has 2 rings (SSSR count). The fraction of sp³-hybridized carbons (Fsp3) is 0.923. The summed E-state index contributed by atoms with van der Waals surface area (Å²) in [6.45, 7) is 0.905. The average Bonchev–Trinajstić information content (AvgIpc) is 2.68. The van der Waals surface area contributed by atoms with Gasteiger partial charge in [-0.05, 0) is 43.4 Å². The van der Waals surface area contributed by atoms with Crippen molar-refractivity contribution in [2.75, 3.05) is 11.9 Å². The maximum Gasteiger partial charge on any atom is 0.220 e. The highest BCUT2D eigenvalue weighted by Crippen LogP contribution is 2.32. The summed E-state index contributed by atoms with van der Waals surface area (Å²) in [5.74, 6) is 2.47. The van der Waals surface area contributed by atoms with Crippen LogP contribution in [0.5, 0.6) is 0 Å². The summed E-state index contributed by atoms with van der Waals surface area (Å²) in [7, 11) is 0. The minimum Gasteiger partial charge on any atom is -0.356 e.